The van der Waals surface area contributed by atoms with Crippen molar-refractivity contribution in [3.05, 3.63) is 192 Å². The van der Waals surface area contributed by atoms with Crippen LogP contribution in [0.3, 0.4) is 0 Å². The van der Waals surface area contributed by atoms with Gasteiger partial charge < -0.3 is 14.5 Å². The zero-order valence-corrected chi connectivity index (χ0v) is 41.6. The Morgan fingerprint density at radius 3 is 1.72 bits per heavy atom. The zero-order chi connectivity index (χ0) is 47.7. The molecule has 10 rings (SSSR count). The van der Waals surface area contributed by atoms with Crippen LogP contribution in [0.15, 0.2) is 170 Å². The number of nitrogens with zero attached hydrogens (tertiary/aromatic N) is 4. The molecule has 0 bridgehead atoms. The third-order valence-electron chi connectivity index (χ3n) is 13.8. The number of fused-ring (bicyclic) bond motifs is 4. The summed E-state index contributed by atoms with van der Waals surface area (Å²) in [6.07, 6.45) is 2.08. The largest absolute Gasteiger partial charge is 0.457 e. The molecule has 0 saturated heterocycles. The first-order valence-corrected chi connectivity index (χ1v) is 24.2. The number of pyridine rings is 1. The molecule has 0 atom stereocenters. The van der Waals surface area contributed by atoms with E-state index in [2.05, 4.69) is 261 Å². The molecule has 7 aromatic carbocycles. The molecule has 0 amide bonds. The van der Waals surface area contributed by atoms with Gasteiger partial charge in [-0.1, -0.05) is 167 Å². The summed E-state index contributed by atoms with van der Waals surface area (Å²) in [5, 5.41) is 2.35. The number of hydrogen-bond donors (Lipinski definition) is 0. The molecule has 2 aromatic heterocycles. The van der Waals surface area contributed by atoms with Crippen molar-refractivity contribution in [3.8, 4) is 39.6 Å². The van der Waals surface area contributed by atoms with Gasteiger partial charge in [0.25, 0.3) is 0 Å². The molecule has 1 aliphatic heterocycles. The molecule has 342 valence electrons. The molecule has 3 heterocycles. The highest BCUT2D eigenvalue weighted by molar-refractivity contribution is 6.10. The third kappa shape index (κ3) is 8.44. The summed E-state index contributed by atoms with van der Waals surface area (Å²) < 4.78 is 9.23. The van der Waals surface area contributed by atoms with Gasteiger partial charge in [0.2, 0.25) is 0 Å². The predicted molar refractivity (Wildman–Crippen MR) is 288 cm³/mol. The number of ether oxygens (including phenoxy) is 1. The Labute approximate surface area is 403 Å². The Hall–Kier alpha value is -7.11. The lowest BCUT2D eigenvalue weighted by Gasteiger charge is -2.24. The molecule has 9 aromatic rings. The van der Waals surface area contributed by atoms with Crippen LogP contribution in [0.25, 0.3) is 49.9 Å². The summed E-state index contributed by atoms with van der Waals surface area (Å²) in [4.78, 5) is 10.1. The van der Waals surface area contributed by atoms with E-state index in [1.54, 1.807) is 0 Å². The van der Waals surface area contributed by atoms with E-state index in [4.69, 9.17) is 9.72 Å². The van der Waals surface area contributed by atoms with Gasteiger partial charge in [-0.05, 0) is 122 Å². The highest BCUT2D eigenvalue weighted by Crippen LogP contribution is 2.47. The van der Waals surface area contributed by atoms with Crippen LogP contribution in [-0.4, -0.2) is 16.2 Å². The molecular weight excluding hydrogens is 829 g/mol. The first-order valence-electron chi connectivity index (χ1n) is 24.2. The maximum Gasteiger partial charge on any atom is 0.137 e. The lowest BCUT2D eigenvalue weighted by molar-refractivity contribution is 0.483. The van der Waals surface area contributed by atoms with E-state index in [1.807, 2.05) is 0 Å². The summed E-state index contributed by atoms with van der Waals surface area (Å²) in [6.45, 7) is 25.6. The van der Waals surface area contributed by atoms with Gasteiger partial charge >= 0.3 is 0 Å². The minimum Gasteiger partial charge on any atom is -0.457 e. The van der Waals surface area contributed by atoms with E-state index >= 15 is 0 Å². The quantitative estimate of drug-likeness (QED) is 0.152. The standard InChI is InChI=1S/C63H64N4O/c1-41(2)54-38-60(64-39-55(54)43-20-23-45(24-21-43)61(3,4)5)67-57-35-47(63(9,10)11)27-31-52(57)53-32-30-51(37-58(53)67)68-50-19-15-18-49(36-50)66-40-65(48-28-25-46(26-29-48)62(6,7)8)56-33-22-44(34-59(56)66)42-16-13-12-14-17-42/h12-39,41H,40H2,1-11H3. The molecule has 5 nitrogen and oxygen atoms in total. The maximum absolute atomic E-state index is 6.89. The van der Waals surface area contributed by atoms with Crippen LogP contribution in [0.2, 0.25) is 0 Å². The zero-order valence-electron chi connectivity index (χ0n) is 41.6. The van der Waals surface area contributed by atoms with Crippen LogP contribution < -0.4 is 14.5 Å². The van der Waals surface area contributed by atoms with Crippen molar-refractivity contribution in [2.75, 3.05) is 16.5 Å². The fourth-order valence-electron chi connectivity index (χ4n) is 9.73. The van der Waals surface area contributed by atoms with Crippen LogP contribution in [0.1, 0.15) is 104 Å². The minimum absolute atomic E-state index is 0.0265. The SMILES string of the molecule is CC(C)c1cc(-n2c3cc(Oc4cccc(N5CN(c6ccc(C(C)(C)C)cc6)c6ccc(-c7ccccc7)cc65)c4)ccc3c3ccc(C(C)(C)C)cc32)ncc1-c1ccc(C(C)(C)C)cc1. The van der Waals surface area contributed by atoms with Gasteiger partial charge in [-0.15, -0.1) is 0 Å². The van der Waals surface area contributed by atoms with Crippen molar-refractivity contribution < 1.29 is 4.74 Å². The topological polar surface area (TPSA) is 33.5 Å². The van der Waals surface area contributed by atoms with Gasteiger partial charge in [-0.25, -0.2) is 4.98 Å². The van der Waals surface area contributed by atoms with Crippen LogP contribution >= 0.6 is 0 Å². The first kappa shape index (κ1) is 44.7. The van der Waals surface area contributed by atoms with Crippen LogP contribution in [0.4, 0.5) is 22.7 Å². The van der Waals surface area contributed by atoms with E-state index in [1.165, 1.54) is 61.3 Å². The van der Waals surface area contributed by atoms with Crippen LogP contribution in [0.5, 0.6) is 11.5 Å². The maximum atomic E-state index is 6.89. The molecule has 0 aliphatic carbocycles. The average Bonchev–Trinajstić information content (AvgIpc) is 3.86. The Morgan fingerprint density at radius 1 is 0.471 bits per heavy atom. The summed E-state index contributed by atoms with van der Waals surface area (Å²) in [5.41, 5.74) is 16.8. The fourth-order valence-corrected chi connectivity index (χ4v) is 9.73. The van der Waals surface area contributed by atoms with Crippen molar-refractivity contribution in [1.82, 2.24) is 9.55 Å². The van der Waals surface area contributed by atoms with Gasteiger partial charge in [0.1, 0.15) is 24.0 Å². The number of benzene rings is 7. The molecule has 0 spiro atoms. The minimum atomic E-state index is -0.0265. The molecule has 0 N–H and O–H groups in total. The second-order valence-electron chi connectivity index (χ2n) is 22.1. The van der Waals surface area contributed by atoms with Crippen LogP contribution in [-0.2, 0) is 16.2 Å². The van der Waals surface area contributed by atoms with Crippen molar-refractivity contribution in [2.45, 2.75) is 98.3 Å². The molecule has 0 fully saturated rings. The fraction of sp³-hybridized carbons (Fsp3) is 0.254. The van der Waals surface area contributed by atoms with Gasteiger partial charge in [0.05, 0.1) is 22.4 Å². The van der Waals surface area contributed by atoms with E-state index in [0.717, 1.165) is 45.1 Å². The Bertz CT molecular complexity index is 3300. The second kappa shape index (κ2) is 16.9. The van der Waals surface area contributed by atoms with Crippen LogP contribution in [0, 0.1) is 0 Å². The molecule has 0 saturated carbocycles. The second-order valence-corrected chi connectivity index (χ2v) is 22.1. The Morgan fingerprint density at radius 2 is 1.06 bits per heavy atom. The van der Waals surface area contributed by atoms with E-state index in [0.29, 0.717) is 6.67 Å². The third-order valence-corrected chi connectivity index (χ3v) is 13.8. The van der Waals surface area contributed by atoms with E-state index in [9.17, 15) is 0 Å². The highest BCUT2D eigenvalue weighted by atomic mass is 16.5. The van der Waals surface area contributed by atoms with Crippen molar-refractivity contribution in [2.24, 2.45) is 0 Å². The molecule has 1 aliphatic rings. The Balaban J connectivity index is 1.04. The first-order chi connectivity index (χ1) is 32.4. The molecule has 0 unspecified atom stereocenters. The predicted octanol–water partition coefficient (Wildman–Crippen LogP) is 17.6. The summed E-state index contributed by atoms with van der Waals surface area (Å²) in [7, 11) is 0. The van der Waals surface area contributed by atoms with Gasteiger partial charge in [-0.2, -0.15) is 0 Å². The van der Waals surface area contributed by atoms with Crippen molar-refractivity contribution in [3.63, 3.8) is 0 Å². The lowest BCUT2D eigenvalue weighted by Crippen LogP contribution is -2.24. The molecule has 68 heavy (non-hydrogen) atoms. The smallest absolute Gasteiger partial charge is 0.137 e. The molecule has 5 heteroatoms. The normalized spacial score (nSPS) is 13.2. The number of rotatable bonds is 8. The highest BCUT2D eigenvalue weighted by Gasteiger charge is 2.30. The van der Waals surface area contributed by atoms with Gasteiger partial charge in [0.15, 0.2) is 0 Å². The van der Waals surface area contributed by atoms with Gasteiger partial charge in [0, 0.05) is 46.0 Å². The lowest BCUT2D eigenvalue weighted by atomic mass is 9.85. The summed E-state index contributed by atoms with van der Waals surface area (Å²) >= 11 is 0. The molecule has 0 radical (unpaired) electrons. The van der Waals surface area contributed by atoms with E-state index < -0.39 is 0 Å². The average molecular weight is 893 g/mol. The van der Waals surface area contributed by atoms with Gasteiger partial charge in [-0.3, -0.25) is 4.57 Å². The number of aromatic nitrogens is 2. The van der Waals surface area contributed by atoms with E-state index in [-0.39, 0.29) is 22.2 Å². The van der Waals surface area contributed by atoms with Crippen molar-refractivity contribution in [1.29, 1.82) is 0 Å². The van der Waals surface area contributed by atoms with Crippen molar-refractivity contribution >= 4 is 44.6 Å². The number of anilines is 4. The number of hydrogen-bond acceptors (Lipinski definition) is 4. The Kier molecular flexibility index (Phi) is 11.1. The molecular formula is C63H64N4O. The summed E-state index contributed by atoms with van der Waals surface area (Å²) in [6, 6.07) is 59.8. The summed E-state index contributed by atoms with van der Waals surface area (Å²) in [5.74, 6) is 2.72. The monoisotopic (exact) mass is 893 g/mol.